The molecule has 0 bridgehead atoms. The summed E-state index contributed by atoms with van der Waals surface area (Å²) in [5.41, 5.74) is 0. The van der Waals surface area contributed by atoms with Crippen LogP contribution in [0.25, 0.3) is 0 Å². The highest BCUT2D eigenvalue weighted by atomic mass is 16.2. The van der Waals surface area contributed by atoms with Crippen LogP contribution in [-0.4, -0.2) is 55.1 Å². The van der Waals surface area contributed by atoms with Crippen molar-refractivity contribution in [2.75, 3.05) is 39.4 Å². The predicted octanol–water partition coefficient (Wildman–Crippen LogP) is -0.282. The highest BCUT2D eigenvalue weighted by Crippen LogP contribution is 1.96. The van der Waals surface area contributed by atoms with Gasteiger partial charge in [0.15, 0.2) is 0 Å². The van der Waals surface area contributed by atoms with Crippen LogP contribution in [0, 0.1) is 0 Å². The van der Waals surface area contributed by atoms with Crippen LogP contribution in [0.15, 0.2) is 0 Å². The molecule has 1 rings (SSSR count). The molecule has 1 N–H and O–H groups in total. The van der Waals surface area contributed by atoms with E-state index in [-0.39, 0.29) is 5.91 Å². The number of amides is 1. The van der Waals surface area contributed by atoms with E-state index in [2.05, 4.69) is 10.2 Å². The summed E-state index contributed by atoms with van der Waals surface area (Å²) in [5.74, 6) is 0.168. The standard InChI is InChI=1S/C9H19N3O/c1-3-12(9(2)13)8-11-6-4-10-5-7-11/h10H,3-8H2,1-2H3. The summed E-state index contributed by atoms with van der Waals surface area (Å²) in [7, 11) is 0. The average molecular weight is 185 g/mol. The fourth-order valence-electron chi connectivity index (χ4n) is 1.52. The molecular formula is C9H19N3O. The van der Waals surface area contributed by atoms with Gasteiger partial charge in [0.2, 0.25) is 5.91 Å². The molecule has 0 aliphatic carbocycles. The van der Waals surface area contributed by atoms with Crippen molar-refractivity contribution in [1.82, 2.24) is 15.1 Å². The Morgan fingerprint density at radius 2 is 2.08 bits per heavy atom. The molecule has 0 aromatic rings. The van der Waals surface area contributed by atoms with Gasteiger partial charge in [-0.15, -0.1) is 0 Å². The number of hydrogen-bond donors (Lipinski definition) is 1. The topological polar surface area (TPSA) is 35.6 Å². The van der Waals surface area contributed by atoms with Gasteiger partial charge < -0.3 is 10.2 Å². The SMILES string of the molecule is CCN(CN1CCNCC1)C(C)=O. The molecule has 0 saturated carbocycles. The second-order valence-electron chi connectivity index (χ2n) is 3.38. The minimum atomic E-state index is 0.168. The molecule has 1 heterocycles. The van der Waals surface area contributed by atoms with Crippen molar-refractivity contribution < 1.29 is 4.79 Å². The lowest BCUT2D eigenvalue weighted by Gasteiger charge is -2.32. The van der Waals surface area contributed by atoms with E-state index in [1.807, 2.05) is 11.8 Å². The van der Waals surface area contributed by atoms with Crippen LogP contribution in [0.2, 0.25) is 0 Å². The summed E-state index contributed by atoms with van der Waals surface area (Å²) >= 11 is 0. The first-order chi connectivity index (χ1) is 6.24. The maximum atomic E-state index is 11.1. The fourth-order valence-corrected chi connectivity index (χ4v) is 1.52. The van der Waals surface area contributed by atoms with E-state index in [9.17, 15) is 4.79 Å². The zero-order valence-electron chi connectivity index (χ0n) is 8.55. The first kappa shape index (κ1) is 10.5. The molecule has 76 valence electrons. The van der Waals surface area contributed by atoms with Gasteiger partial charge >= 0.3 is 0 Å². The summed E-state index contributed by atoms with van der Waals surface area (Å²) in [6.45, 7) is 9.40. The summed E-state index contributed by atoms with van der Waals surface area (Å²) in [6.07, 6.45) is 0. The third-order valence-electron chi connectivity index (χ3n) is 2.41. The molecule has 1 aliphatic rings. The van der Waals surface area contributed by atoms with Gasteiger partial charge in [0.25, 0.3) is 0 Å². The van der Waals surface area contributed by atoms with Crippen LogP contribution in [-0.2, 0) is 4.79 Å². The van der Waals surface area contributed by atoms with Crippen molar-refractivity contribution in [2.45, 2.75) is 13.8 Å². The van der Waals surface area contributed by atoms with E-state index in [4.69, 9.17) is 0 Å². The molecule has 1 fully saturated rings. The molecule has 0 aromatic carbocycles. The van der Waals surface area contributed by atoms with Gasteiger partial charge in [0.1, 0.15) is 0 Å². The predicted molar refractivity (Wildman–Crippen MR) is 52.4 cm³/mol. The summed E-state index contributed by atoms with van der Waals surface area (Å²) in [4.78, 5) is 15.3. The van der Waals surface area contributed by atoms with Crippen LogP contribution in [0.4, 0.5) is 0 Å². The summed E-state index contributed by atoms with van der Waals surface area (Å²) < 4.78 is 0. The van der Waals surface area contributed by atoms with E-state index < -0.39 is 0 Å². The molecule has 1 aliphatic heterocycles. The second-order valence-corrected chi connectivity index (χ2v) is 3.38. The van der Waals surface area contributed by atoms with Crippen molar-refractivity contribution in [3.05, 3.63) is 0 Å². The molecule has 0 unspecified atom stereocenters. The molecule has 4 nitrogen and oxygen atoms in total. The summed E-state index contributed by atoms with van der Waals surface area (Å²) in [5, 5.41) is 3.29. The normalized spacial score (nSPS) is 18.6. The highest BCUT2D eigenvalue weighted by Gasteiger charge is 2.13. The average Bonchev–Trinajstić information content (AvgIpc) is 2.15. The molecule has 0 spiro atoms. The van der Waals surface area contributed by atoms with Crippen molar-refractivity contribution in [2.24, 2.45) is 0 Å². The Balaban J connectivity index is 2.31. The third kappa shape index (κ3) is 3.32. The van der Waals surface area contributed by atoms with Gasteiger partial charge in [-0.3, -0.25) is 9.69 Å². The molecule has 4 heteroatoms. The molecule has 1 amide bonds. The van der Waals surface area contributed by atoms with Gasteiger partial charge in [-0.25, -0.2) is 0 Å². The van der Waals surface area contributed by atoms with E-state index in [1.165, 1.54) is 0 Å². The van der Waals surface area contributed by atoms with Crippen molar-refractivity contribution in [3.8, 4) is 0 Å². The third-order valence-corrected chi connectivity index (χ3v) is 2.41. The minimum Gasteiger partial charge on any atom is -0.330 e. The summed E-state index contributed by atoms with van der Waals surface area (Å²) in [6, 6.07) is 0. The number of rotatable bonds is 3. The lowest BCUT2D eigenvalue weighted by Crippen LogP contribution is -2.49. The van der Waals surface area contributed by atoms with E-state index in [1.54, 1.807) is 6.92 Å². The number of carbonyl (C=O) groups is 1. The van der Waals surface area contributed by atoms with Crippen LogP contribution < -0.4 is 5.32 Å². The smallest absolute Gasteiger partial charge is 0.220 e. The largest absolute Gasteiger partial charge is 0.330 e. The van der Waals surface area contributed by atoms with Crippen molar-refractivity contribution >= 4 is 5.91 Å². The first-order valence-electron chi connectivity index (χ1n) is 4.92. The Bertz CT molecular complexity index is 166. The Hall–Kier alpha value is -0.610. The van der Waals surface area contributed by atoms with E-state index in [0.717, 1.165) is 39.4 Å². The number of piperazine rings is 1. The zero-order chi connectivity index (χ0) is 9.68. The van der Waals surface area contributed by atoms with Crippen LogP contribution in [0.1, 0.15) is 13.8 Å². The quantitative estimate of drug-likeness (QED) is 0.657. The van der Waals surface area contributed by atoms with E-state index in [0.29, 0.717) is 0 Å². The Labute approximate surface area is 79.9 Å². The minimum absolute atomic E-state index is 0.168. The van der Waals surface area contributed by atoms with Gasteiger partial charge in [0.05, 0.1) is 6.67 Å². The maximum Gasteiger partial charge on any atom is 0.220 e. The highest BCUT2D eigenvalue weighted by molar-refractivity contribution is 5.73. The monoisotopic (exact) mass is 185 g/mol. The maximum absolute atomic E-state index is 11.1. The van der Waals surface area contributed by atoms with Crippen LogP contribution >= 0.6 is 0 Å². The Morgan fingerprint density at radius 1 is 1.46 bits per heavy atom. The van der Waals surface area contributed by atoms with E-state index >= 15 is 0 Å². The molecule has 0 atom stereocenters. The molecular weight excluding hydrogens is 166 g/mol. The lowest BCUT2D eigenvalue weighted by atomic mass is 10.4. The molecule has 13 heavy (non-hydrogen) atoms. The van der Waals surface area contributed by atoms with Crippen LogP contribution in [0.5, 0.6) is 0 Å². The van der Waals surface area contributed by atoms with Gasteiger partial charge in [0, 0.05) is 39.6 Å². The van der Waals surface area contributed by atoms with Crippen LogP contribution in [0.3, 0.4) is 0 Å². The Kier molecular flexibility index (Phi) is 4.18. The van der Waals surface area contributed by atoms with Gasteiger partial charge in [-0.05, 0) is 6.92 Å². The molecule has 1 saturated heterocycles. The number of nitrogens with zero attached hydrogens (tertiary/aromatic N) is 2. The first-order valence-corrected chi connectivity index (χ1v) is 4.92. The second kappa shape index (κ2) is 5.19. The fraction of sp³-hybridized carbons (Fsp3) is 0.889. The number of nitrogens with one attached hydrogen (secondary N) is 1. The molecule has 0 radical (unpaired) electrons. The van der Waals surface area contributed by atoms with Crippen molar-refractivity contribution in [1.29, 1.82) is 0 Å². The number of hydrogen-bond acceptors (Lipinski definition) is 3. The van der Waals surface area contributed by atoms with Crippen molar-refractivity contribution in [3.63, 3.8) is 0 Å². The van der Waals surface area contributed by atoms with Gasteiger partial charge in [-0.2, -0.15) is 0 Å². The Morgan fingerprint density at radius 3 is 2.54 bits per heavy atom. The lowest BCUT2D eigenvalue weighted by molar-refractivity contribution is -0.130. The molecule has 0 aromatic heterocycles. The van der Waals surface area contributed by atoms with Gasteiger partial charge in [-0.1, -0.05) is 0 Å². The number of carbonyl (C=O) groups excluding carboxylic acids is 1. The zero-order valence-corrected chi connectivity index (χ0v) is 8.55.